The fourth-order valence-corrected chi connectivity index (χ4v) is 4.90. The molecule has 0 spiro atoms. The molecule has 3 heterocycles. The van der Waals surface area contributed by atoms with E-state index in [0.717, 1.165) is 44.6 Å². The van der Waals surface area contributed by atoms with Crippen LogP contribution >= 0.6 is 0 Å². The molecule has 2 aliphatic heterocycles. The zero-order valence-corrected chi connectivity index (χ0v) is 19.7. The predicted octanol–water partition coefficient (Wildman–Crippen LogP) is 3.72. The maximum absolute atomic E-state index is 12.3. The molecule has 1 aromatic heterocycles. The fourth-order valence-electron chi connectivity index (χ4n) is 4.15. The van der Waals surface area contributed by atoms with E-state index in [9.17, 15) is 4.21 Å². The molecule has 4 rings (SSSR count). The Morgan fingerprint density at radius 3 is 2.64 bits per heavy atom. The second-order valence-electron chi connectivity index (χ2n) is 8.11. The van der Waals surface area contributed by atoms with Crippen LogP contribution in [-0.4, -0.2) is 52.1 Å². The summed E-state index contributed by atoms with van der Waals surface area (Å²) in [6.07, 6.45) is 11.2. The molecule has 2 unspecified atom stereocenters. The normalized spacial score (nSPS) is 21.2. The minimum atomic E-state index is -1.61. The minimum absolute atomic E-state index is 0.586. The fraction of sp³-hybridized carbons (Fsp3) is 0.360. The molecule has 0 saturated heterocycles. The van der Waals surface area contributed by atoms with Crippen molar-refractivity contribution in [3.63, 3.8) is 0 Å². The van der Waals surface area contributed by atoms with Gasteiger partial charge in [-0.25, -0.2) is 9.19 Å². The number of anilines is 1. The number of aliphatic imine (C=N–C) groups is 1. The Kier molecular flexibility index (Phi) is 7.78. The van der Waals surface area contributed by atoms with E-state index in [-0.39, 0.29) is 0 Å². The molecule has 0 aliphatic carbocycles. The van der Waals surface area contributed by atoms with Crippen LogP contribution in [0.4, 0.5) is 5.82 Å². The van der Waals surface area contributed by atoms with Crippen molar-refractivity contribution in [1.82, 2.24) is 10.3 Å². The van der Waals surface area contributed by atoms with Gasteiger partial charge in [0.05, 0.1) is 0 Å². The van der Waals surface area contributed by atoms with Crippen LogP contribution in [-0.2, 0) is 17.6 Å². The highest BCUT2D eigenvalue weighted by atomic mass is 32.2. The van der Waals surface area contributed by atoms with Crippen molar-refractivity contribution in [2.75, 3.05) is 24.5 Å². The van der Waals surface area contributed by atoms with Crippen LogP contribution < -0.4 is 10.2 Å². The number of allylic oxidation sites excluding steroid dienone is 1. The highest BCUT2D eigenvalue weighted by molar-refractivity contribution is 7.83. The number of amidine groups is 1. The molecule has 0 amide bonds. The standard InChI is InChI=1S/C25H30N6OS/c1-2-19-31(22-12-6-7-16-26-22)20-9-15-25(14-8-17-28-25)23-24(30-33(32)29-23)27-18-13-21-10-4-3-5-11-21/h3-8,10-12,14,16-17H,2,9,13,15,18-20H2,1H3,(H,27,30). The Morgan fingerprint density at radius 1 is 1.06 bits per heavy atom. The van der Waals surface area contributed by atoms with Gasteiger partial charge in [-0.15, -0.1) is 4.40 Å². The molecule has 0 fully saturated rings. The lowest BCUT2D eigenvalue weighted by Gasteiger charge is -2.28. The van der Waals surface area contributed by atoms with E-state index < -0.39 is 16.7 Å². The quantitative estimate of drug-likeness (QED) is 0.552. The van der Waals surface area contributed by atoms with E-state index >= 15 is 0 Å². The van der Waals surface area contributed by atoms with Gasteiger partial charge in [0, 0.05) is 32.0 Å². The molecule has 0 saturated carbocycles. The van der Waals surface area contributed by atoms with Crippen molar-refractivity contribution in [2.24, 2.45) is 13.8 Å². The van der Waals surface area contributed by atoms with Gasteiger partial charge in [0.2, 0.25) is 0 Å². The first-order chi connectivity index (χ1) is 16.2. The minimum Gasteiger partial charge on any atom is -0.367 e. The molecule has 1 aromatic carbocycles. The monoisotopic (exact) mass is 462 g/mol. The van der Waals surface area contributed by atoms with Crippen molar-refractivity contribution in [2.45, 2.75) is 38.1 Å². The maximum Gasteiger partial charge on any atom is 0.268 e. The first-order valence-corrected chi connectivity index (χ1v) is 12.5. The van der Waals surface area contributed by atoms with Crippen LogP contribution in [0.15, 0.2) is 80.7 Å². The second kappa shape index (κ2) is 11.1. The van der Waals surface area contributed by atoms with Crippen LogP contribution in [0, 0.1) is 0 Å². The number of benzene rings is 1. The zero-order chi connectivity index (χ0) is 22.9. The zero-order valence-electron chi connectivity index (χ0n) is 18.9. The number of aromatic nitrogens is 1. The first-order valence-electron chi connectivity index (χ1n) is 11.5. The molecule has 0 bridgehead atoms. The number of nitrogens with one attached hydrogen (secondary N) is 1. The summed E-state index contributed by atoms with van der Waals surface area (Å²) in [4.78, 5) is 11.6. The number of rotatable bonds is 11. The van der Waals surface area contributed by atoms with Gasteiger partial charge < -0.3 is 10.2 Å². The Morgan fingerprint density at radius 2 is 1.91 bits per heavy atom. The lowest BCUT2D eigenvalue weighted by Crippen LogP contribution is -2.44. The van der Waals surface area contributed by atoms with Crippen molar-refractivity contribution >= 4 is 34.8 Å². The lowest BCUT2D eigenvalue weighted by atomic mass is 9.88. The second-order valence-corrected chi connectivity index (χ2v) is 8.94. The summed E-state index contributed by atoms with van der Waals surface area (Å²) in [6, 6.07) is 16.3. The van der Waals surface area contributed by atoms with E-state index in [4.69, 9.17) is 4.99 Å². The van der Waals surface area contributed by atoms with Gasteiger partial charge in [0.25, 0.3) is 11.2 Å². The van der Waals surface area contributed by atoms with Gasteiger partial charge in [-0.3, -0.25) is 4.99 Å². The Balaban J connectivity index is 1.41. The maximum atomic E-state index is 12.3. The molecule has 33 heavy (non-hydrogen) atoms. The molecule has 0 radical (unpaired) electrons. The molecule has 1 N–H and O–H groups in total. The smallest absolute Gasteiger partial charge is 0.268 e. The van der Waals surface area contributed by atoms with Gasteiger partial charge >= 0.3 is 0 Å². The molecule has 8 heteroatoms. The number of hydrogen-bond donors (Lipinski definition) is 1. The van der Waals surface area contributed by atoms with E-state index in [1.165, 1.54) is 5.56 Å². The van der Waals surface area contributed by atoms with Gasteiger partial charge in [-0.1, -0.05) is 43.3 Å². The van der Waals surface area contributed by atoms with Gasteiger partial charge in [0.1, 0.15) is 17.1 Å². The number of hydrogen-bond acceptors (Lipinski definition) is 5. The summed E-state index contributed by atoms with van der Waals surface area (Å²) < 4.78 is 20.9. The SMILES string of the molecule is CCCN(CCCC1(C2=NS(=O)N=C2NCCc2ccccc2)C=CC=N1)c1ccccn1. The Bertz CT molecular complexity index is 1050. The van der Waals surface area contributed by atoms with Crippen molar-refractivity contribution in [3.8, 4) is 0 Å². The van der Waals surface area contributed by atoms with E-state index in [2.05, 4.69) is 43.1 Å². The molecular formula is C25H30N6OS. The van der Waals surface area contributed by atoms with Crippen LogP contribution in [0.1, 0.15) is 31.7 Å². The van der Waals surface area contributed by atoms with E-state index in [1.54, 1.807) is 6.21 Å². The summed E-state index contributed by atoms with van der Waals surface area (Å²) in [5.41, 5.74) is 1.27. The van der Waals surface area contributed by atoms with Gasteiger partial charge in [-0.2, -0.15) is 4.40 Å². The lowest BCUT2D eigenvalue weighted by molar-refractivity contribution is 0.588. The third-order valence-electron chi connectivity index (χ3n) is 5.74. The third-order valence-corrected chi connectivity index (χ3v) is 6.42. The van der Waals surface area contributed by atoms with Crippen molar-refractivity contribution < 1.29 is 4.21 Å². The largest absolute Gasteiger partial charge is 0.367 e. The highest BCUT2D eigenvalue weighted by Gasteiger charge is 2.40. The number of pyridine rings is 1. The first kappa shape index (κ1) is 23.0. The van der Waals surface area contributed by atoms with Crippen molar-refractivity contribution in [1.29, 1.82) is 0 Å². The third kappa shape index (κ3) is 5.82. The summed E-state index contributed by atoms with van der Waals surface area (Å²) in [6.45, 7) is 4.67. The summed E-state index contributed by atoms with van der Waals surface area (Å²) >= 11 is -1.61. The molecule has 2 atom stereocenters. The summed E-state index contributed by atoms with van der Waals surface area (Å²) in [5, 5.41) is 3.36. The topological polar surface area (TPSA) is 82.3 Å². The average Bonchev–Trinajstić information content (AvgIpc) is 3.47. The van der Waals surface area contributed by atoms with Crippen LogP contribution in [0.2, 0.25) is 0 Å². The average molecular weight is 463 g/mol. The Hall–Kier alpha value is -3.13. The van der Waals surface area contributed by atoms with Gasteiger partial charge in [-0.05, 0) is 55.5 Å². The molecule has 172 valence electrons. The van der Waals surface area contributed by atoms with Crippen molar-refractivity contribution in [3.05, 3.63) is 72.4 Å². The number of nitrogens with zero attached hydrogens (tertiary/aromatic N) is 5. The van der Waals surface area contributed by atoms with Crippen LogP contribution in [0.3, 0.4) is 0 Å². The molecule has 2 aromatic rings. The van der Waals surface area contributed by atoms with Crippen LogP contribution in [0.25, 0.3) is 0 Å². The van der Waals surface area contributed by atoms with E-state index in [0.29, 0.717) is 18.1 Å². The Labute approximate surface area is 198 Å². The molecule has 7 nitrogen and oxygen atoms in total. The molecular weight excluding hydrogens is 432 g/mol. The van der Waals surface area contributed by atoms with E-state index in [1.807, 2.05) is 54.7 Å². The molecule has 2 aliphatic rings. The summed E-state index contributed by atoms with van der Waals surface area (Å²) in [7, 11) is 0. The predicted molar refractivity (Wildman–Crippen MR) is 137 cm³/mol. The highest BCUT2D eigenvalue weighted by Crippen LogP contribution is 2.29. The van der Waals surface area contributed by atoms with Gasteiger partial charge in [0.15, 0.2) is 5.84 Å². The summed E-state index contributed by atoms with van der Waals surface area (Å²) in [5.74, 6) is 1.58. The van der Waals surface area contributed by atoms with Crippen LogP contribution in [0.5, 0.6) is 0 Å².